The lowest BCUT2D eigenvalue weighted by molar-refractivity contribution is -0.624. The summed E-state index contributed by atoms with van der Waals surface area (Å²) in [7, 11) is 0. The number of aryl methyl sites for hydroxylation is 1. The van der Waals surface area contributed by atoms with Crippen molar-refractivity contribution in [2.24, 2.45) is 5.73 Å². The van der Waals surface area contributed by atoms with Crippen LogP contribution in [0.3, 0.4) is 0 Å². The Kier molecular flexibility index (Phi) is 23.0. The van der Waals surface area contributed by atoms with E-state index in [1.807, 2.05) is 0 Å². The number of aromatic nitrogens is 9. The van der Waals surface area contributed by atoms with Crippen molar-refractivity contribution >= 4 is 56.6 Å². The fraction of sp³-hybridized carbons (Fsp3) is 0.265. The van der Waals surface area contributed by atoms with Gasteiger partial charge in [-0.1, -0.05) is 29.8 Å². The Hall–Kier alpha value is -8.64. The van der Waals surface area contributed by atoms with Crippen LogP contribution in [0.2, 0.25) is 5.15 Å². The standard InChI is InChI=1S/C20H17ClF3N5O3.C15H16F2N4O3.C7H7BrN2O2.C7H8F2N2O/c21-16-10-26-18(27-12-20(23,24)15-7-3-4-8-29(15)32)19(31)28(16)11-17(30)25-9-13-5-1-2-6-14(13)22;1-10-7-18-13(14(23)20(10)8-11(2)22)19-9-15(16,17)12-5-3-4-6-21(12)24;1-5(11)4-10-3-2-9-6(8)7(10)12;8-7(9,5-10)6-3-1-2-4-11(6)12/h1-8,10H,9,11-12H2,(H,25,30)(H,26,27);3-7H,8-9H2,1-2H3,(H,18,19);2-3H,4H2,1H3;1-4H,5,10H2. The first kappa shape index (κ1) is 63.9. The summed E-state index contributed by atoms with van der Waals surface area (Å²) in [5, 5.41) is 40.6. The molecule has 0 fully saturated rings. The van der Waals surface area contributed by atoms with E-state index in [4.69, 9.17) is 17.3 Å². The maximum Gasteiger partial charge on any atom is 0.347 e. The molecule has 7 aromatic rings. The maximum absolute atomic E-state index is 14.4. The van der Waals surface area contributed by atoms with Crippen molar-refractivity contribution in [2.75, 3.05) is 30.3 Å². The monoisotopic (exact) mass is 1210 g/mol. The van der Waals surface area contributed by atoms with E-state index in [1.165, 1.54) is 91.6 Å². The van der Waals surface area contributed by atoms with Crippen LogP contribution in [0.25, 0.3) is 0 Å². The quantitative estimate of drug-likeness (QED) is 0.0534. The molecule has 0 bridgehead atoms. The second-order valence-electron chi connectivity index (χ2n) is 16.6. The van der Waals surface area contributed by atoms with Gasteiger partial charge in [0.05, 0.1) is 38.9 Å². The lowest BCUT2D eigenvalue weighted by Crippen LogP contribution is -2.41. The highest BCUT2D eigenvalue weighted by Crippen LogP contribution is 2.26. The molecule has 0 atom stereocenters. The molecular weight excluding hydrogens is 1160 g/mol. The second kappa shape index (κ2) is 28.8. The van der Waals surface area contributed by atoms with Crippen LogP contribution in [0.4, 0.5) is 42.4 Å². The summed E-state index contributed by atoms with van der Waals surface area (Å²) in [6.07, 6.45) is 8.18. The molecule has 7 rings (SSSR count). The number of pyridine rings is 3. The molecule has 31 heteroatoms. The smallest absolute Gasteiger partial charge is 0.347 e. The first-order valence-electron chi connectivity index (χ1n) is 23.0. The molecule has 426 valence electrons. The van der Waals surface area contributed by atoms with Gasteiger partial charge in [-0.2, -0.15) is 40.5 Å². The number of Topliss-reactive ketones (excluding diaryl/α,β-unsaturated/α-hetero) is 2. The molecule has 6 heterocycles. The molecule has 0 spiro atoms. The lowest BCUT2D eigenvalue weighted by Gasteiger charge is -2.17. The number of nitrogens with two attached hydrogens (primary N) is 1. The fourth-order valence-corrected chi connectivity index (χ4v) is 7.01. The van der Waals surface area contributed by atoms with Crippen molar-refractivity contribution in [3.05, 3.63) is 213 Å². The lowest BCUT2D eigenvalue weighted by atomic mass is 10.2. The summed E-state index contributed by atoms with van der Waals surface area (Å²) in [6, 6.07) is 16.8. The minimum Gasteiger partial charge on any atom is -0.618 e. The van der Waals surface area contributed by atoms with Gasteiger partial charge in [-0.05, 0) is 61.0 Å². The van der Waals surface area contributed by atoms with E-state index in [0.29, 0.717) is 5.69 Å². The molecule has 5 N–H and O–H groups in total. The molecular formula is C49H48BrClF7N13O9. The summed E-state index contributed by atoms with van der Waals surface area (Å²) in [4.78, 5) is 81.3. The van der Waals surface area contributed by atoms with Gasteiger partial charge in [0.2, 0.25) is 5.91 Å². The van der Waals surface area contributed by atoms with Crippen molar-refractivity contribution < 1.29 is 59.3 Å². The topological polar surface area (TPSA) is 299 Å². The van der Waals surface area contributed by atoms with Gasteiger partial charge < -0.3 is 46.4 Å². The van der Waals surface area contributed by atoms with Crippen molar-refractivity contribution in [2.45, 2.75) is 64.7 Å². The van der Waals surface area contributed by atoms with E-state index < -0.39 is 89.7 Å². The number of rotatable bonds is 18. The zero-order valence-corrected chi connectivity index (χ0v) is 44.5. The van der Waals surface area contributed by atoms with Crippen LogP contribution in [0, 0.1) is 28.4 Å². The number of halogens is 9. The van der Waals surface area contributed by atoms with Crippen molar-refractivity contribution in [1.82, 2.24) is 34.0 Å². The van der Waals surface area contributed by atoms with Crippen LogP contribution in [0.5, 0.6) is 0 Å². The van der Waals surface area contributed by atoms with E-state index in [1.54, 1.807) is 13.0 Å². The Labute approximate surface area is 461 Å². The molecule has 0 radical (unpaired) electrons. The Morgan fingerprint density at radius 3 is 1.60 bits per heavy atom. The summed E-state index contributed by atoms with van der Waals surface area (Å²) in [5.74, 6) is -12.6. The molecule has 6 aromatic heterocycles. The van der Waals surface area contributed by atoms with Gasteiger partial charge in [-0.15, -0.1) is 0 Å². The highest BCUT2D eigenvalue weighted by molar-refractivity contribution is 9.10. The second-order valence-corrected chi connectivity index (χ2v) is 17.8. The molecule has 0 saturated carbocycles. The molecule has 1 aromatic carbocycles. The van der Waals surface area contributed by atoms with E-state index in [0.717, 1.165) is 52.1 Å². The number of hydrogen-bond donors (Lipinski definition) is 4. The number of alkyl halides is 6. The number of amides is 1. The van der Waals surface area contributed by atoms with Crippen molar-refractivity contribution in [3.8, 4) is 0 Å². The van der Waals surface area contributed by atoms with Gasteiger partial charge >= 0.3 is 17.8 Å². The number of anilines is 2. The summed E-state index contributed by atoms with van der Waals surface area (Å²) in [5.41, 5.74) is 1.44. The normalized spacial score (nSPS) is 11.1. The van der Waals surface area contributed by atoms with Crippen molar-refractivity contribution in [1.29, 1.82) is 0 Å². The predicted molar refractivity (Wildman–Crippen MR) is 276 cm³/mol. The molecule has 80 heavy (non-hydrogen) atoms. The number of ketones is 2. The fourth-order valence-electron chi connectivity index (χ4n) is 6.48. The zero-order chi connectivity index (χ0) is 59.5. The average molecular weight is 1210 g/mol. The zero-order valence-electron chi connectivity index (χ0n) is 42.2. The van der Waals surface area contributed by atoms with Crippen LogP contribution < -0.4 is 52.6 Å². The third kappa shape index (κ3) is 18.2. The molecule has 0 unspecified atom stereocenters. The van der Waals surface area contributed by atoms with E-state index in [2.05, 4.69) is 46.8 Å². The first-order chi connectivity index (χ1) is 37.6. The Bertz CT molecular complexity index is 3490. The Morgan fingerprint density at radius 1 is 0.662 bits per heavy atom. The molecule has 22 nitrogen and oxygen atoms in total. The molecule has 0 aliphatic rings. The number of carbonyl (C=O) groups excluding carboxylic acids is 3. The highest BCUT2D eigenvalue weighted by Gasteiger charge is 2.41. The Balaban J connectivity index is 0.000000250. The van der Waals surface area contributed by atoms with Gasteiger partial charge in [0.25, 0.3) is 33.8 Å². The number of benzene rings is 1. The van der Waals surface area contributed by atoms with Gasteiger partial charge in [-0.3, -0.25) is 33.3 Å². The molecule has 1 amide bonds. The predicted octanol–water partition coefficient (Wildman–Crippen LogP) is 4.13. The summed E-state index contributed by atoms with van der Waals surface area (Å²) >= 11 is 8.91. The van der Waals surface area contributed by atoms with Crippen molar-refractivity contribution in [3.63, 3.8) is 0 Å². The highest BCUT2D eigenvalue weighted by atomic mass is 79.9. The van der Waals surface area contributed by atoms with E-state index >= 15 is 0 Å². The van der Waals surface area contributed by atoms with E-state index in [-0.39, 0.29) is 72.1 Å². The van der Waals surface area contributed by atoms with Crippen LogP contribution in [-0.2, 0) is 58.3 Å². The van der Waals surface area contributed by atoms with Gasteiger partial charge in [0, 0.05) is 72.8 Å². The number of hydrogen-bond acceptors (Lipinski definition) is 15. The van der Waals surface area contributed by atoms with Gasteiger partial charge in [0.1, 0.15) is 29.1 Å². The van der Waals surface area contributed by atoms with Crippen LogP contribution in [0.1, 0.15) is 42.2 Å². The van der Waals surface area contributed by atoms with E-state index in [9.17, 15) is 75.1 Å². The largest absolute Gasteiger partial charge is 0.618 e. The summed E-state index contributed by atoms with van der Waals surface area (Å²) in [6.45, 7) is 0.659. The third-order valence-corrected chi connectivity index (χ3v) is 11.3. The molecule has 0 aliphatic carbocycles. The molecule has 0 aliphatic heterocycles. The number of nitrogens with one attached hydrogen (secondary N) is 3. The minimum atomic E-state index is -3.61. The number of carbonyl (C=O) groups is 3. The minimum absolute atomic E-state index is 0.0230. The summed E-state index contributed by atoms with van der Waals surface area (Å²) < 4.78 is 100. The SMILES string of the molecule is CC(=O)Cn1c(C)cnc(NCC(F)(F)c2cccc[n+]2[O-])c1=O.CC(=O)Cn1ccnc(Br)c1=O.NCC(F)(F)c1cccc[n+]1[O-].O=C(Cn1c(Cl)cnc(NCC(F)(F)c2cccc[n+]2[O-])c1=O)NCc1ccccc1F. The van der Waals surface area contributed by atoms with Gasteiger partial charge in [0.15, 0.2) is 34.8 Å². The van der Waals surface area contributed by atoms with Crippen LogP contribution in [0.15, 0.2) is 141 Å². The van der Waals surface area contributed by atoms with Crippen LogP contribution >= 0.6 is 27.5 Å². The number of nitrogens with zero attached hydrogens (tertiary/aromatic N) is 9. The van der Waals surface area contributed by atoms with Crippen LogP contribution in [-0.4, -0.2) is 65.8 Å². The molecule has 0 saturated heterocycles. The van der Waals surface area contributed by atoms with Gasteiger partial charge in [-0.25, -0.2) is 19.3 Å². The third-order valence-electron chi connectivity index (χ3n) is 10.4. The maximum atomic E-state index is 14.4. The first-order valence-corrected chi connectivity index (χ1v) is 24.2. The Morgan fingerprint density at radius 2 is 1.12 bits per heavy atom. The average Bonchev–Trinajstić information content (AvgIpc) is 3.44.